The normalized spacial score (nSPS) is 11.3. The number of para-hydroxylation sites is 1. The van der Waals surface area contributed by atoms with Crippen molar-refractivity contribution in [3.8, 4) is 5.69 Å². The molecule has 0 saturated heterocycles. The molecule has 0 aliphatic rings. The monoisotopic (exact) mass is 344 g/mol. The molecule has 0 N–H and O–H groups in total. The van der Waals surface area contributed by atoms with Gasteiger partial charge in [0.25, 0.3) is 5.56 Å². The molecular weight excluding hydrogens is 333 g/mol. The number of hydrogen-bond acceptors (Lipinski definition) is 5. The van der Waals surface area contributed by atoms with Gasteiger partial charge in [-0.15, -0.1) is 0 Å². The molecule has 9 heteroatoms. The van der Waals surface area contributed by atoms with E-state index < -0.39 is 23.3 Å². The van der Waals surface area contributed by atoms with Crippen molar-refractivity contribution >= 4 is 17.7 Å². The molecule has 2 rings (SSSR count). The van der Waals surface area contributed by atoms with Gasteiger partial charge in [-0.3, -0.25) is 9.36 Å². The summed E-state index contributed by atoms with van der Waals surface area (Å²) in [5, 5.41) is -0.0467. The Morgan fingerprint density at radius 3 is 2.52 bits per heavy atom. The number of esters is 1. The molecule has 1 aromatic heterocycles. The van der Waals surface area contributed by atoms with Gasteiger partial charge in [-0.1, -0.05) is 23.9 Å². The number of halogens is 3. The molecule has 0 aliphatic carbocycles. The fourth-order valence-corrected chi connectivity index (χ4v) is 2.50. The molecule has 122 valence electrons. The van der Waals surface area contributed by atoms with Crippen molar-refractivity contribution in [1.82, 2.24) is 9.55 Å². The maximum Gasteiger partial charge on any atom is 0.418 e. The number of carbonyl (C=O) groups excluding carboxylic acids is 1. The molecule has 5 nitrogen and oxygen atoms in total. The number of benzene rings is 1. The first-order chi connectivity index (χ1) is 10.8. The molecule has 1 heterocycles. The summed E-state index contributed by atoms with van der Waals surface area (Å²) >= 11 is 0.943. The van der Waals surface area contributed by atoms with Crippen molar-refractivity contribution in [3.05, 3.63) is 51.9 Å². The Hall–Kier alpha value is -2.29. The number of alkyl halides is 3. The smallest absolute Gasteiger partial charge is 0.418 e. The van der Waals surface area contributed by atoms with E-state index in [2.05, 4.69) is 9.72 Å². The number of nitrogens with zero attached hydrogens (tertiary/aromatic N) is 2. The third-order valence-corrected chi connectivity index (χ3v) is 3.55. The van der Waals surface area contributed by atoms with Gasteiger partial charge < -0.3 is 4.74 Å². The Labute approximate surface area is 133 Å². The summed E-state index contributed by atoms with van der Waals surface area (Å²) in [4.78, 5) is 27.6. The average Bonchev–Trinajstić information content (AvgIpc) is 2.52. The molecule has 0 spiro atoms. The molecule has 0 saturated carbocycles. The topological polar surface area (TPSA) is 61.2 Å². The molecule has 0 atom stereocenters. The van der Waals surface area contributed by atoms with Crippen LogP contribution in [0.5, 0.6) is 0 Å². The van der Waals surface area contributed by atoms with Gasteiger partial charge in [-0.25, -0.2) is 9.78 Å². The maximum absolute atomic E-state index is 13.1. The highest BCUT2D eigenvalue weighted by molar-refractivity contribution is 7.98. The highest BCUT2D eigenvalue weighted by Gasteiger charge is 2.34. The predicted molar refractivity (Wildman–Crippen MR) is 78.0 cm³/mol. The maximum atomic E-state index is 13.1. The van der Waals surface area contributed by atoms with Crippen LogP contribution in [0.1, 0.15) is 16.1 Å². The van der Waals surface area contributed by atoms with Gasteiger partial charge in [-0.2, -0.15) is 13.2 Å². The molecular formula is C14H11F3N2O3S. The summed E-state index contributed by atoms with van der Waals surface area (Å²) in [6.45, 7) is 0. The fraction of sp³-hybridized carbons (Fsp3) is 0.214. The van der Waals surface area contributed by atoms with Crippen molar-refractivity contribution < 1.29 is 22.7 Å². The van der Waals surface area contributed by atoms with Crippen LogP contribution in [0.4, 0.5) is 13.2 Å². The first-order valence-corrected chi connectivity index (χ1v) is 7.45. The molecule has 0 unspecified atom stereocenters. The van der Waals surface area contributed by atoms with Crippen LogP contribution >= 0.6 is 11.8 Å². The summed E-state index contributed by atoms with van der Waals surface area (Å²) < 4.78 is 44.7. The van der Waals surface area contributed by atoms with E-state index in [1.807, 2.05) is 0 Å². The Kier molecular flexibility index (Phi) is 4.79. The van der Waals surface area contributed by atoms with E-state index in [0.29, 0.717) is 0 Å². The van der Waals surface area contributed by atoms with Crippen molar-refractivity contribution in [2.75, 3.05) is 13.4 Å². The van der Waals surface area contributed by atoms with Crippen molar-refractivity contribution in [2.45, 2.75) is 11.3 Å². The van der Waals surface area contributed by atoms with E-state index in [0.717, 1.165) is 35.6 Å². The third-order valence-electron chi connectivity index (χ3n) is 2.92. The van der Waals surface area contributed by atoms with Gasteiger partial charge in [0.1, 0.15) is 0 Å². The van der Waals surface area contributed by atoms with Gasteiger partial charge in [0.2, 0.25) is 0 Å². The molecule has 0 bridgehead atoms. The zero-order valence-corrected chi connectivity index (χ0v) is 12.9. The Bertz CT molecular complexity index is 803. The largest absolute Gasteiger partial charge is 0.464 e. The number of ether oxygens (including phenoxy) is 1. The SMILES string of the molecule is COC(=O)c1cc(=O)n(-c2ccccc2C(F)(F)F)c(SC)n1. The molecule has 0 fully saturated rings. The van der Waals surface area contributed by atoms with Crippen LogP contribution in [-0.4, -0.2) is 28.9 Å². The van der Waals surface area contributed by atoms with E-state index >= 15 is 0 Å². The predicted octanol–water partition coefficient (Wildman–Crippen LogP) is 2.76. The van der Waals surface area contributed by atoms with Gasteiger partial charge in [0.15, 0.2) is 10.9 Å². The lowest BCUT2D eigenvalue weighted by atomic mass is 10.1. The van der Waals surface area contributed by atoms with E-state index in [1.165, 1.54) is 24.5 Å². The number of rotatable bonds is 3. The van der Waals surface area contributed by atoms with Gasteiger partial charge in [0.05, 0.1) is 18.4 Å². The van der Waals surface area contributed by atoms with E-state index in [1.54, 1.807) is 0 Å². The van der Waals surface area contributed by atoms with Crippen LogP contribution in [0.25, 0.3) is 5.69 Å². The first kappa shape index (κ1) is 17.1. The Balaban J connectivity index is 2.76. The van der Waals surface area contributed by atoms with Crippen molar-refractivity contribution in [1.29, 1.82) is 0 Å². The Morgan fingerprint density at radius 2 is 1.96 bits per heavy atom. The lowest BCUT2D eigenvalue weighted by molar-refractivity contribution is -0.137. The highest BCUT2D eigenvalue weighted by Crippen LogP contribution is 2.34. The minimum atomic E-state index is -4.63. The molecule has 1 aromatic carbocycles. The van der Waals surface area contributed by atoms with Crippen molar-refractivity contribution in [2.24, 2.45) is 0 Å². The van der Waals surface area contributed by atoms with E-state index in [4.69, 9.17) is 0 Å². The summed E-state index contributed by atoms with van der Waals surface area (Å²) in [7, 11) is 1.12. The quantitative estimate of drug-likeness (QED) is 0.487. The van der Waals surface area contributed by atoms with Crippen LogP contribution in [-0.2, 0) is 10.9 Å². The van der Waals surface area contributed by atoms with Crippen LogP contribution in [0.3, 0.4) is 0 Å². The second kappa shape index (κ2) is 6.45. The average molecular weight is 344 g/mol. The second-order valence-electron chi connectivity index (χ2n) is 4.31. The lowest BCUT2D eigenvalue weighted by Crippen LogP contribution is -2.25. The van der Waals surface area contributed by atoms with Crippen LogP contribution in [0.15, 0.2) is 40.3 Å². The van der Waals surface area contributed by atoms with Crippen LogP contribution in [0, 0.1) is 0 Å². The van der Waals surface area contributed by atoms with Crippen LogP contribution < -0.4 is 5.56 Å². The van der Waals surface area contributed by atoms with Crippen molar-refractivity contribution in [3.63, 3.8) is 0 Å². The van der Waals surface area contributed by atoms with E-state index in [9.17, 15) is 22.8 Å². The molecule has 0 amide bonds. The number of hydrogen-bond donors (Lipinski definition) is 0. The molecule has 0 radical (unpaired) electrons. The second-order valence-corrected chi connectivity index (χ2v) is 5.08. The first-order valence-electron chi connectivity index (χ1n) is 6.22. The fourth-order valence-electron chi connectivity index (χ4n) is 1.94. The minimum absolute atomic E-state index is 0.0467. The van der Waals surface area contributed by atoms with Gasteiger partial charge in [0, 0.05) is 6.07 Å². The number of carbonyl (C=O) groups is 1. The third kappa shape index (κ3) is 3.39. The summed E-state index contributed by atoms with van der Waals surface area (Å²) in [6.07, 6.45) is -3.09. The highest BCUT2D eigenvalue weighted by atomic mass is 32.2. The molecule has 2 aromatic rings. The standard InChI is InChI=1S/C14H11F3N2O3S/c1-22-12(21)9-7-11(20)19(13(18-9)23-2)10-6-4-3-5-8(10)14(15,16)17/h3-7H,1-2H3. The number of methoxy groups -OCH3 is 1. The molecule has 0 aliphatic heterocycles. The number of thioether (sulfide) groups is 1. The summed E-state index contributed by atoms with van der Waals surface area (Å²) in [5.74, 6) is -0.839. The van der Waals surface area contributed by atoms with Gasteiger partial charge in [-0.05, 0) is 18.4 Å². The summed E-state index contributed by atoms with van der Waals surface area (Å²) in [6, 6.07) is 5.50. The lowest BCUT2D eigenvalue weighted by Gasteiger charge is -2.16. The van der Waals surface area contributed by atoms with E-state index in [-0.39, 0.29) is 16.5 Å². The molecule has 23 heavy (non-hydrogen) atoms. The minimum Gasteiger partial charge on any atom is -0.464 e. The number of aromatic nitrogens is 2. The zero-order valence-electron chi connectivity index (χ0n) is 12.0. The summed E-state index contributed by atoms with van der Waals surface area (Å²) in [5.41, 5.74) is -2.38. The van der Waals surface area contributed by atoms with Crippen LogP contribution in [0.2, 0.25) is 0 Å². The van der Waals surface area contributed by atoms with Gasteiger partial charge >= 0.3 is 12.1 Å². The zero-order chi connectivity index (χ0) is 17.2. The Morgan fingerprint density at radius 1 is 1.30 bits per heavy atom.